The number of hydrogen-bond donors (Lipinski definition) is 1. The summed E-state index contributed by atoms with van der Waals surface area (Å²) in [6.45, 7) is 1.83. The Kier molecular flexibility index (Phi) is 4.25. The number of benzene rings is 2. The van der Waals surface area contributed by atoms with E-state index < -0.39 is 11.7 Å². The van der Waals surface area contributed by atoms with Crippen molar-refractivity contribution in [1.29, 1.82) is 0 Å². The third-order valence-electron chi connectivity index (χ3n) is 3.96. The average Bonchev–Trinajstić information content (AvgIpc) is 3.30. The van der Waals surface area contributed by atoms with Gasteiger partial charge in [-0.25, -0.2) is 9.07 Å². The number of nitrogens with zero attached hydrogens (tertiary/aromatic N) is 3. The first-order valence-electron chi connectivity index (χ1n) is 8.27. The van der Waals surface area contributed by atoms with Crippen LogP contribution in [0.2, 0.25) is 0 Å². The maximum absolute atomic E-state index is 13.9. The van der Waals surface area contributed by atoms with E-state index in [2.05, 4.69) is 15.6 Å². The fourth-order valence-electron chi connectivity index (χ4n) is 2.71. The molecule has 0 bridgehead atoms. The number of nitrogens with one attached hydrogen (secondary N) is 1. The largest absolute Gasteiger partial charge is 0.350 e. The zero-order valence-corrected chi connectivity index (χ0v) is 14.4. The van der Waals surface area contributed by atoms with Crippen molar-refractivity contribution >= 4 is 11.7 Å². The van der Waals surface area contributed by atoms with Crippen LogP contribution >= 0.6 is 0 Å². The Morgan fingerprint density at radius 2 is 1.81 bits per heavy atom. The molecule has 0 aliphatic carbocycles. The van der Waals surface area contributed by atoms with Crippen LogP contribution in [0.5, 0.6) is 0 Å². The van der Waals surface area contributed by atoms with E-state index in [0.29, 0.717) is 5.82 Å². The summed E-state index contributed by atoms with van der Waals surface area (Å²) in [5.74, 6) is -0.461. The van der Waals surface area contributed by atoms with Crippen LogP contribution in [0.25, 0.3) is 16.9 Å². The minimum atomic E-state index is -0.498. The van der Waals surface area contributed by atoms with Crippen LogP contribution in [-0.2, 0) is 0 Å². The summed E-state index contributed by atoms with van der Waals surface area (Å²) in [6, 6.07) is 18.8. The predicted molar refractivity (Wildman–Crippen MR) is 98.2 cm³/mol. The number of halogens is 1. The number of amides is 1. The van der Waals surface area contributed by atoms with Gasteiger partial charge in [-0.1, -0.05) is 35.5 Å². The number of para-hydroxylation sites is 1. The first-order valence-corrected chi connectivity index (χ1v) is 8.27. The molecular weight excluding hydrogens is 347 g/mol. The zero-order chi connectivity index (χ0) is 18.8. The zero-order valence-electron chi connectivity index (χ0n) is 14.4. The number of aromatic nitrogens is 3. The molecule has 0 saturated heterocycles. The Bertz CT molecular complexity index is 1100. The molecule has 0 spiro atoms. The Balaban J connectivity index is 1.60. The maximum atomic E-state index is 13.9. The number of rotatable bonds is 4. The third kappa shape index (κ3) is 3.35. The van der Waals surface area contributed by atoms with E-state index in [1.54, 1.807) is 28.9 Å². The van der Waals surface area contributed by atoms with Crippen molar-refractivity contribution in [2.75, 3.05) is 5.32 Å². The summed E-state index contributed by atoms with van der Waals surface area (Å²) in [5, 5.41) is 11.0. The van der Waals surface area contributed by atoms with Crippen LogP contribution in [0.15, 0.2) is 71.3 Å². The molecule has 6 nitrogen and oxygen atoms in total. The molecule has 0 atom stereocenters. The van der Waals surface area contributed by atoms with Crippen molar-refractivity contribution in [2.24, 2.45) is 0 Å². The average molecular weight is 362 g/mol. The number of aryl methyl sites for hydroxylation is 1. The second-order valence-corrected chi connectivity index (χ2v) is 5.93. The summed E-state index contributed by atoms with van der Waals surface area (Å²) in [5.41, 5.74) is 2.08. The number of carbonyl (C=O) groups excluding carboxylic acids is 1. The van der Waals surface area contributed by atoms with Crippen LogP contribution in [0, 0.1) is 12.7 Å². The van der Waals surface area contributed by atoms with Crippen LogP contribution in [0.3, 0.4) is 0 Å². The van der Waals surface area contributed by atoms with E-state index in [-0.39, 0.29) is 17.0 Å². The number of hydrogen-bond acceptors (Lipinski definition) is 4. The lowest BCUT2D eigenvalue weighted by Gasteiger charge is -2.07. The topological polar surface area (TPSA) is 73.0 Å². The van der Waals surface area contributed by atoms with Crippen LogP contribution in [-0.4, -0.2) is 20.8 Å². The van der Waals surface area contributed by atoms with E-state index in [1.807, 2.05) is 37.3 Å². The summed E-state index contributed by atoms with van der Waals surface area (Å²) in [7, 11) is 0. The molecule has 134 valence electrons. The summed E-state index contributed by atoms with van der Waals surface area (Å²) in [4.78, 5) is 12.6. The molecule has 0 radical (unpaired) electrons. The standard InChI is InChI=1S/C20H15FN4O2/c1-13-11-19(25(23-13)14-7-3-2-4-8-14)22-20(26)18-12-17(24-27-18)15-9-5-6-10-16(15)21/h2-12H,1H3,(H,22,26). The minimum absolute atomic E-state index is 0.0216. The minimum Gasteiger partial charge on any atom is -0.350 e. The van der Waals surface area contributed by atoms with E-state index in [1.165, 1.54) is 12.1 Å². The lowest BCUT2D eigenvalue weighted by Crippen LogP contribution is -2.14. The normalized spacial score (nSPS) is 10.7. The van der Waals surface area contributed by atoms with Crippen molar-refractivity contribution in [3.63, 3.8) is 0 Å². The second-order valence-electron chi connectivity index (χ2n) is 5.93. The van der Waals surface area contributed by atoms with Gasteiger partial charge in [-0.15, -0.1) is 0 Å². The van der Waals surface area contributed by atoms with E-state index in [9.17, 15) is 9.18 Å². The van der Waals surface area contributed by atoms with Gasteiger partial charge in [0.15, 0.2) is 0 Å². The fraction of sp³-hybridized carbons (Fsp3) is 0.0500. The quantitative estimate of drug-likeness (QED) is 0.590. The van der Waals surface area contributed by atoms with Crippen molar-refractivity contribution in [3.8, 4) is 16.9 Å². The summed E-state index contributed by atoms with van der Waals surface area (Å²) in [6.07, 6.45) is 0. The molecule has 0 saturated carbocycles. The Morgan fingerprint density at radius 1 is 1.07 bits per heavy atom. The Labute approximate surface area is 154 Å². The summed E-state index contributed by atoms with van der Waals surface area (Å²) >= 11 is 0. The van der Waals surface area contributed by atoms with Gasteiger partial charge >= 0.3 is 0 Å². The molecule has 27 heavy (non-hydrogen) atoms. The van der Waals surface area contributed by atoms with E-state index in [4.69, 9.17) is 4.52 Å². The molecule has 0 fully saturated rings. The predicted octanol–water partition coefficient (Wildman–Crippen LogP) is 4.23. The van der Waals surface area contributed by atoms with Gasteiger partial charge in [-0.05, 0) is 31.2 Å². The maximum Gasteiger partial charge on any atom is 0.295 e. The Morgan fingerprint density at radius 3 is 2.59 bits per heavy atom. The third-order valence-corrected chi connectivity index (χ3v) is 3.96. The molecule has 7 heteroatoms. The van der Waals surface area contributed by atoms with Crippen LogP contribution < -0.4 is 5.32 Å². The highest BCUT2D eigenvalue weighted by Gasteiger charge is 2.18. The number of carbonyl (C=O) groups is 1. The fourth-order valence-corrected chi connectivity index (χ4v) is 2.71. The van der Waals surface area contributed by atoms with Gasteiger partial charge in [0.05, 0.1) is 11.4 Å². The van der Waals surface area contributed by atoms with Crippen molar-refractivity contribution in [3.05, 3.63) is 84.0 Å². The first kappa shape index (κ1) is 16.7. The van der Waals surface area contributed by atoms with Crippen LogP contribution in [0.4, 0.5) is 10.2 Å². The summed E-state index contributed by atoms with van der Waals surface area (Å²) < 4.78 is 20.6. The van der Waals surface area contributed by atoms with Crippen molar-refractivity contribution in [1.82, 2.24) is 14.9 Å². The monoisotopic (exact) mass is 362 g/mol. The SMILES string of the molecule is Cc1cc(NC(=O)c2cc(-c3ccccc3F)no2)n(-c2ccccc2)n1. The van der Waals surface area contributed by atoms with Crippen molar-refractivity contribution in [2.45, 2.75) is 6.92 Å². The van der Waals surface area contributed by atoms with Gasteiger partial charge in [0.2, 0.25) is 5.76 Å². The lowest BCUT2D eigenvalue weighted by atomic mass is 10.1. The van der Waals surface area contributed by atoms with Gasteiger partial charge in [-0.3, -0.25) is 4.79 Å². The Hall–Kier alpha value is -3.74. The van der Waals surface area contributed by atoms with E-state index >= 15 is 0 Å². The van der Waals surface area contributed by atoms with Gasteiger partial charge in [0.1, 0.15) is 17.3 Å². The van der Waals surface area contributed by atoms with Crippen molar-refractivity contribution < 1.29 is 13.7 Å². The van der Waals surface area contributed by atoms with Gasteiger partial charge < -0.3 is 9.84 Å². The molecule has 1 amide bonds. The second kappa shape index (κ2) is 6.87. The molecule has 4 aromatic rings. The smallest absolute Gasteiger partial charge is 0.295 e. The van der Waals surface area contributed by atoms with Crippen LogP contribution in [0.1, 0.15) is 16.2 Å². The molecule has 2 aromatic carbocycles. The molecule has 1 N–H and O–H groups in total. The first-order chi connectivity index (χ1) is 13.1. The lowest BCUT2D eigenvalue weighted by molar-refractivity contribution is 0.0987. The molecule has 0 unspecified atom stereocenters. The molecule has 0 aliphatic heterocycles. The highest BCUT2D eigenvalue weighted by molar-refractivity contribution is 6.02. The van der Waals surface area contributed by atoms with E-state index in [0.717, 1.165) is 11.4 Å². The molecule has 2 heterocycles. The number of anilines is 1. The highest BCUT2D eigenvalue weighted by Crippen LogP contribution is 2.23. The van der Waals surface area contributed by atoms with Gasteiger partial charge in [0.25, 0.3) is 5.91 Å². The van der Waals surface area contributed by atoms with Gasteiger partial charge in [-0.2, -0.15) is 5.10 Å². The molecule has 2 aromatic heterocycles. The van der Waals surface area contributed by atoms with Gasteiger partial charge in [0, 0.05) is 17.7 Å². The molecular formula is C20H15FN4O2. The molecule has 0 aliphatic rings. The highest BCUT2D eigenvalue weighted by atomic mass is 19.1. The molecule has 4 rings (SSSR count).